The average molecular weight is 461 g/mol. The van der Waals surface area contributed by atoms with Gasteiger partial charge in [0.05, 0.1) is 29.3 Å². The number of oxime groups is 1. The van der Waals surface area contributed by atoms with Crippen LogP contribution in [0.15, 0.2) is 53.7 Å². The number of benzene rings is 2. The van der Waals surface area contributed by atoms with Crippen molar-refractivity contribution in [2.45, 2.75) is 32.5 Å². The Balaban J connectivity index is 1.34. The van der Waals surface area contributed by atoms with Crippen molar-refractivity contribution in [2.24, 2.45) is 5.16 Å². The minimum atomic E-state index is -4.36. The third kappa shape index (κ3) is 4.97. The second kappa shape index (κ2) is 9.09. The first-order valence-electron chi connectivity index (χ1n) is 9.60. The standard InChI is InChI=1S/C22H18F3N3O3S/c1-13-18(32-21(26-13)16-6-8-17(9-7-16)22(23,24)25)12-30-11-14-2-4-15(5-3-14)20-27-19(10-29)31-28-20/h2-10,19H,11-12H2,1H3,(H,27,28). The number of nitrogens with one attached hydrogen (secondary N) is 1. The van der Waals surface area contributed by atoms with Crippen molar-refractivity contribution in [2.75, 3.05) is 0 Å². The maximum Gasteiger partial charge on any atom is 0.416 e. The molecule has 0 spiro atoms. The van der Waals surface area contributed by atoms with Crippen LogP contribution in [0.3, 0.4) is 0 Å². The van der Waals surface area contributed by atoms with Gasteiger partial charge in [-0.25, -0.2) is 4.98 Å². The Hall–Kier alpha value is -3.24. The third-order valence-corrected chi connectivity index (χ3v) is 5.92. The second-order valence-electron chi connectivity index (χ2n) is 7.04. The van der Waals surface area contributed by atoms with Crippen molar-refractivity contribution in [1.82, 2.24) is 10.3 Å². The predicted octanol–water partition coefficient (Wildman–Crippen LogP) is 4.66. The molecule has 4 rings (SSSR count). The summed E-state index contributed by atoms with van der Waals surface area (Å²) < 4.78 is 44.0. The monoisotopic (exact) mass is 461 g/mol. The molecule has 2 aromatic carbocycles. The molecule has 1 N–H and O–H groups in total. The van der Waals surface area contributed by atoms with Crippen LogP contribution in [-0.4, -0.2) is 23.3 Å². The number of carbonyl (C=O) groups excluding carboxylic acids is 1. The van der Waals surface area contributed by atoms with E-state index in [1.165, 1.54) is 23.5 Å². The van der Waals surface area contributed by atoms with Gasteiger partial charge in [-0.1, -0.05) is 41.6 Å². The molecule has 3 aromatic rings. The summed E-state index contributed by atoms with van der Waals surface area (Å²) in [7, 11) is 0. The van der Waals surface area contributed by atoms with Gasteiger partial charge in [0.1, 0.15) is 5.01 Å². The molecule has 1 aromatic heterocycles. The second-order valence-corrected chi connectivity index (χ2v) is 8.12. The lowest BCUT2D eigenvalue weighted by molar-refractivity contribution is -0.137. The lowest BCUT2D eigenvalue weighted by Gasteiger charge is -2.06. The number of nitrogens with zero attached hydrogens (tertiary/aromatic N) is 2. The zero-order valence-electron chi connectivity index (χ0n) is 16.8. The Morgan fingerprint density at radius 1 is 1.09 bits per heavy atom. The van der Waals surface area contributed by atoms with E-state index in [1.807, 2.05) is 31.2 Å². The van der Waals surface area contributed by atoms with Crippen molar-refractivity contribution >= 4 is 23.5 Å². The largest absolute Gasteiger partial charge is 0.416 e. The van der Waals surface area contributed by atoms with Crippen LogP contribution in [-0.2, 0) is 33.8 Å². The first-order valence-corrected chi connectivity index (χ1v) is 10.4. The summed E-state index contributed by atoms with van der Waals surface area (Å²) in [6.07, 6.45) is -4.49. The van der Waals surface area contributed by atoms with E-state index >= 15 is 0 Å². The molecule has 2 heterocycles. The molecule has 32 heavy (non-hydrogen) atoms. The number of hydrogen-bond acceptors (Lipinski definition) is 7. The first-order chi connectivity index (χ1) is 15.3. The Labute approximate surface area is 185 Å². The summed E-state index contributed by atoms with van der Waals surface area (Å²) in [6, 6.07) is 12.5. The van der Waals surface area contributed by atoms with Gasteiger partial charge in [-0.3, -0.25) is 4.79 Å². The third-order valence-electron chi connectivity index (χ3n) is 4.74. The van der Waals surface area contributed by atoms with E-state index in [1.54, 1.807) is 0 Å². The van der Waals surface area contributed by atoms with Crippen LogP contribution in [0.25, 0.3) is 10.6 Å². The van der Waals surface area contributed by atoms with Gasteiger partial charge in [0.15, 0.2) is 12.1 Å². The molecule has 1 unspecified atom stereocenters. The van der Waals surface area contributed by atoms with E-state index in [4.69, 9.17) is 9.57 Å². The lowest BCUT2D eigenvalue weighted by atomic mass is 10.1. The van der Waals surface area contributed by atoms with E-state index < -0.39 is 18.0 Å². The molecular formula is C22H18F3N3O3S. The molecule has 1 aliphatic heterocycles. The topological polar surface area (TPSA) is 72.8 Å². The van der Waals surface area contributed by atoms with Crippen LogP contribution < -0.4 is 5.32 Å². The van der Waals surface area contributed by atoms with Crippen molar-refractivity contribution in [3.63, 3.8) is 0 Å². The molecule has 0 aliphatic carbocycles. The van der Waals surface area contributed by atoms with Gasteiger partial charge < -0.3 is 14.9 Å². The summed E-state index contributed by atoms with van der Waals surface area (Å²) in [5, 5.41) is 7.32. The van der Waals surface area contributed by atoms with Gasteiger partial charge in [-0.05, 0) is 24.6 Å². The summed E-state index contributed by atoms with van der Waals surface area (Å²) >= 11 is 1.40. The molecule has 0 fully saturated rings. The van der Waals surface area contributed by atoms with Crippen molar-refractivity contribution in [3.05, 3.63) is 75.8 Å². The minimum Gasteiger partial charge on any atom is -0.371 e. The van der Waals surface area contributed by atoms with Crippen molar-refractivity contribution in [1.29, 1.82) is 0 Å². The molecule has 6 nitrogen and oxygen atoms in total. The lowest BCUT2D eigenvalue weighted by Crippen LogP contribution is -2.30. The highest BCUT2D eigenvalue weighted by Gasteiger charge is 2.30. The van der Waals surface area contributed by atoms with E-state index in [9.17, 15) is 18.0 Å². The Bertz CT molecular complexity index is 1130. The smallest absolute Gasteiger partial charge is 0.371 e. The zero-order valence-corrected chi connectivity index (χ0v) is 17.7. The van der Waals surface area contributed by atoms with Crippen molar-refractivity contribution < 1.29 is 27.5 Å². The van der Waals surface area contributed by atoms with Crippen LogP contribution in [0.5, 0.6) is 0 Å². The van der Waals surface area contributed by atoms with E-state index in [0.717, 1.165) is 33.8 Å². The molecule has 0 saturated heterocycles. The highest BCUT2D eigenvalue weighted by Crippen LogP contribution is 2.33. The number of thiazole rings is 1. The number of rotatable bonds is 7. The highest BCUT2D eigenvalue weighted by molar-refractivity contribution is 7.15. The average Bonchev–Trinajstić information content (AvgIpc) is 3.41. The number of halogens is 3. The minimum absolute atomic E-state index is 0.342. The van der Waals surface area contributed by atoms with E-state index in [0.29, 0.717) is 35.9 Å². The number of amidine groups is 1. The summed E-state index contributed by atoms with van der Waals surface area (Å²) in [5.41, 5.74) is 2.48. The fraction of sp³-hybridized carbons (Fsp3) is 0.227. The number of aromatic nitrogens is 1. The Kier molecular flexibility index (Phi) is 6.24. The number of carbonyl (C=O) groups is 1. The molecule has 0 radical (unpaired) electrons. The van der Waals surface area contributed by atoms with E-state index in [-0.39, 0.29) is 0 Å². The summed E-state index contributed by atoms with van der Waals surface area (Å²) in [4.78, 5) is 21.0. The molecule has 0 amide bonds. The fourth-order valence-electron chi connectivity index (χ4n) is 3.00. The number of hydrogen-bond donors (Lipinski definition) is 1. The normalized spacial score (nSPS) is 15.8. The maximum atomic E-state index is 12.7. The zero-order chi connectivity index (χ0) is 22.7. The Morgan fingerprint density at radius 3 is 2.41 bits per heavy atom. The van der Waals surface area contributed by atoms with Gasteiger partial charge in [0, 0.05) is 11.1 Å². The molecule has 1 atom stereocenters. The fourth-order valence-corrected chi connectivity index (χ4v) is 4.00. The highest BCUT2D eigenvalue weighted by atomic mass is 32.1. The van der Waals surface area contributed by atoms with Gasteiger partial charge in [-0.2, -0.15) is 13.2 Å². The van der Waals surface area contributed by atoms with Gasteiger partial charge in [-0.15, -0.1) is 11.3 Å². The van der Waals surface area contributed by atoms with Crippen LogP contribution in [0.1, 0.15) is 27.3 Å². The quantitative estimate of drug-likeness (QED) is 0.518. The summed E-state index contributed by atoms with van der Waals surface area (Å²) in [5.74, 6) is 0.491. The number of aryl methyl sites for hydroxylation is 1. The number of alkyl halides is 3. The first kappa shape index (κ1) is 22.0. The maximum absolute atomic E-state index is 12.7. The molecule has 166 valence electrons. The SMILES string of the molecule is Cc1nc(-c2ccc(C(F)(F)F)cc2)sc1COCc1ccc(C2=NOC(C=O)N2)cc1. The predicted molar refractivity (Wildman–Crippen MR) is 113 cm³/mol. The molecule has 10 heteroatoms. The van der Waals surface area contributed by atoms with Crippen LogP contribution in [0.4, 0.5) is 13.2 Å². The number of ether oxygens (including phenoxy) is 1. The summed E-state index contributed by atoms with van der Waals surface area (Å²) in [6.45, 7) is 2.57. The molecule has 1 aliphatic rings. The van der Waals surface area contributed by atoms with Crippen LogP contribution >= 0.6 is 11.3 Å². The Morgan fingerprint density at radius 2 is 1.78 bits per heavy atom. The molecule has 0 bridgehead atoms. The van der Waals surface area contributed by atoms with Crippen molar-refractivity contribution in [3.8, 4) is 10.6 Å². The van der Waals surface area contributed by atoms with Gasteiger partial charge >= 0.3 is 6.18 Å². The number of aldehydes is 1. The van der Waals surface area contributed by atoms with E-state index in [2.05, 4.69) is 15.5 Å². The van der Waals surface area contributed by atoms with Gasteiger partial charge in [0.25, 0.3) is 6.23 Å². The molecular weight excluding hydrogens is 443 g/mol. The van der Waals surface area contributed by atoms with Crippen LogP contribution in [0.2, 0.25) is 0 Å². The molecule has 0 saturated carbocycles. The van der Waals surface area contributed by atoms with Gasteiger partial charge in [0.2, 0.25) is 0 Å². The van der Waals surface area contributed by atoms with Crippen LogP contribution in [0, 0.1) is 6.92 Å².